The zero-order valence-corrected chi connectivity index (χ0v) is 21.2. The molecule has 3 atom stereocenters. The number of amides is 3. The molecule has 2 heterocycles. The summed E-state index contributed by atoms with van der Waals surface area (Å²) in [6, 6.07) is 18.2. The molecule has 0 unspecified atom stereocenters. The highest BCUT2D eigenvalue weighted by Gasteiger charge is 2.61. The van der Waals surface area contributed by atoms with E-state index < -0.39 is 17.7 Å². The predicted molar refractivity (Wildman–Crippen MR) is 140 cm³/mol. The number of fused-ring (bicyclic) bond motifs is 4. The van der Waals surface area contributed by atoms with Crippen molar-refractivity contribution in [2.24, 2.45) is 5.92 Å². The molecule has 2 N–H and O–H groups in total. The summed E-state index contributed by atoms with van der Waals surface area (Å²) in [5.74, 6) is 0.140. The minimum atomic E-state index is -1.32. The van der Waals surface area contributed by atoms with E-state index in [-0.39, 0.29) is 11.9 Å². The Hall–Kier alpha value is -4.00. The second-order valence-corrected chi connectivity index (χ2v) is 9.60. The number of hydrogen-bond donors (Lipinski definition) is 2. The van der Waals surface area contributed by atoms with Crippen LogP contribution in [0.2, 0.25) is 0 Å². The number of carbonyl (C=O) groups excluding carboxylic acids is 2. The SMILES string of the molecule is CCOc1cccc2c1O[C@]1(C)[C@@H](C(=O)Nc3ccc(C)cc3C)[C@@H]2NC(=O)N1c1ccccc1C. The molecule has 0 aliphatic carbocycles. The number of urea groups is 1. The second-order valence-electron chi connectivity index (χ2n) is 9.60. The van der Waals surface area contributed by atoms with Crippen molar-refractivity contribution in [3.05, 3.63) is 82.9 Å². The van der Waals surface area contributed by atoms with Crippen LogP contribution < -0.4 is 25.0 Å². The summed E-state index contributed by atoms with van der Waals surface area (Å²) in [4.78, 5) is 29.2. The highest BCUT2D eigenvalue weighted by molar-refractivity contribution is 6.02. The minimum absolute atomic E-state index is 0.236. The fourth-order valence-corrected chi connectivity index (χ4v) is 5.38. The summed E-state index contributed by atoms with van der Waals surface area (Å²) >= 11 is 0. The smallest absolute Gasteiger partial charge is 0.325 e. The normalized spacial score (nSPS) is 22.2. The van der Waals surface area contributed by atoms with Crippen LogP contribution in [0, 0.1) is 26.7 Å². The maximum absolute atomic E-state index is 14.0. The first-order chi connectivity index (χ1) is 17.2. The summed E-state index contributed by atoms with van der Waals surface area (Å²) in [5, 5.41) is 6.21. The van der Waals surface area contributed by atoms with Gasteiger partial charge in [0.15, 0.2) is 11.5 Å². The molecule has 7 nitrogen and oxygen atoms in total. The Morgan fingerprint density at radius 3 is 2.58 bits per heavy atom. The van der Waals surface area contributed by atoms with Gasteiger partial charge in [-0.25, -0.2) is 4.79 Å². The van der Waals surface area contributed by atoms with E-state index in [1.54, 1.807) is 4.90 Å². The van der Waals surface area contributed by atoms with Crippen LogP contribution >= 0.6 is 0 Å². The van der Waals surface area contributed by atoms with Gasteiger partial charge in [0, 0.05) is 11.3 Å². The fraction of sp³-hybridized carbons (Fsp3) is 0.310. The van der Waals surface area contributed by atoms with Crippen LogP contribution in [-0.4, -0.2) is 24.3 Å². The number of anilines is 2. The molecule has 3 aromatic rings. The van der Waals surface area contributed by atoms with Crippen LogP contribution in [0.15, 0.2) is 60.7 Å². The van der Waals surface area contributed by atoms with Gasteiger partial charge in [0.1, 0.15) is 5.92 Å². The lowest BCUT2D eigenvalue weighted by Gasteiger charge is -2.55. The maximum Gasteiger partial charge on any atom is 0.325 e. The molecule has 36 heavy (non-hydrogen) atoms. The summed E-state index contributed by atoms with van der Waals surface area (Å²) in [6.07, 6.45) is 0. The summed E-state index contributed by atoms with van der Waals surface area (Å²) < 4.78 is 12.5. The van der Waals surface area contributed by atoms with Gasteiger partial charge in [0.05, 0.1) is 18.3 Å². The Bertz CT molecular complexity index is 1350. The molecular formula is C29H31N3O4. The molecule has 2 bridgehead atoms. The molecule has 0 radical (unpaired) electrons. The first kappa shape index (κ1) is 23.7. The number of nitrogens with one attached hydrogen (secondary N) is 2. The number of rotatable bonds is 5. The number of hydrogen-bond acceptors (Lipinski definition) is 4. The summed E-state index contributed by atoms with van der Waals surface area (Å²) in [6.45, 7) is 10.1. The van der Waals surface area contributed by atoms with Gasteiger partial charge in [-0.15, -0.1) is 0 Å². The minimum Gasteiger partial charge on any atom is -0.490 e. The fourth-order valence-electron chi connectivity index (χ4n) is 5.38. The van der Waals surface area contributed by atoms with E-state index in [2.05, 4.69) is 10.6 Å². The van der Waals surface area contributed by atoms with Crippen molar-refractivity contribution in [3.8, 4) is 11.5 Å². The average molecular weight is 486 g/mol. The van der Waals surface area contributed by atoms with Crippen LogP contribution in [0.1, 0.15) is 42.1 Å². The molecule has 0 aromatic heterocycles. The van der Waals surface area contributed by atoms with Crippen LogP contribution in [0.25, 0.3) is 0 Å². The molecule has 0 saturated carbocycles. The third-order valence-corrected chi connectivity index (χ3v) is 7.07. The molecule has 5 rings (SSSR count). The van der Waals surface area contributed by atoms with E-state index in [9.17, 15) is 9.59 Å². The quantitative estimate of drug-likeness (QED) is 0.490. The van der Waals surface area contributed by atoms with Gasteiger partial charge < -0.3 is 20.1 Å². The largest absolute Gasteiger partial charge is 0.490 e. The number of aryl methyl sites for hydroxylation is 3. The number of benzene rings is 3. The Morgan fingerprint density at radius 2 is 1.86 bits per heavy atom. The third kappa shape index (κ3) is 3.75. The van der Waals surface area contributed by atoms with E-state index in [1.165, 1.54) is 0 Å². The lowest BCUT2D eigenvalue weighted by molar-refractivity contribution is -0.131. The average Bonchev–Trinajstić information content (AvgIpc) is 2.82. The van der Waals surface area contributed by atoms with Gasteiger partial charge in [-0.2, -0.15) is 0 Å². The molecule has 0 spiro atoms. The lowest BCUT2D eigenvalue weighted by Crippen LogP contribution is -2.72. The van der Waals surface area contributed by atoms with E-state index >= 15 is 0 Å². The van der Waals surface area contributed by atoms with Gasteiger partial charge in [-0.3, -0.25) is 9.69 Å². The van der Waals surface area contributed by atoms with Crippen LogP contribution in [0.4, 0.5) is 16.2 Å². The van der Waals surface area contributed by atoms with Crippen molar-refractivity contribution < 1.29 is 19.1 Å². The standard InChI is InChI=1S/C29H31N3O4/c1-6-35-23-13-9-11-20-25-24(27(33)30-21-15-14-17(2)16-19(21)4)29(5,36-26(20)23)32(28(34)31-25)22-12-8-7-10-18(22)3/h7-16,24-25H,6H2,1-5H3,(H,30,33)(H,31,34)/t24-,25-,29-/m1/s1. The summed E-state index contributed by atoms with van der Waals surface area (Å²) in [7, 11) is 0. The third-order valence-electron chi connectivity index (χ3n) is 7.07. The Kier molecular flexibility index (Phi) is 5.86. The zero-order chi connectivity index (χ0) is 25.6. The number of ether oxygens (including phenoxy) is 2. The van der Waals surface area contributed by atoms with Gasteiger partial charge in [0.25, 0.3) is 0 Å². The Morgan fingerprint density at radius 1 is 1.08 bits per heavy atom. The lowest BCUT2D eigenvalue weighted by atomic mass is 9.78. The number of para-hydroxylation sites is 2. The van der Waals surface area contributed by atoms with Gasteiger partial charge in [-0.1, -0.05) is 48.0 Å². The van der Waals surface area contributed by atoms with Crippen molar-refractivity contribution in [2.45, 2.75) is 46.4 Å². The molecule has 2 aliphatic heterocycles. The van der Waals surface area contributed by atoms with Crippen molar-refractivity contribution in [1.29, 1.82) is 0 Å². The van der Waals surface area contributed by atoms with E-state index in [0.29, 0.717) is 23.8 Å². The van der Waals surface area contributed by atoms with Crippen LogP contribution in [-0.2, 0) is 4.79 Å². The first-order valence-electron chi connectivity index (χ1n) is 12.2. The molecule has 1 saturated heterocycles. The Balaban J connectivity index is 1.66. The van der Waals surface area contributed by atoms with Crippen molar-refractivity contribution in [2.75, 3.05) is 16.8 Å². The first-order valence-corrected chi connectivity index (χ1v) is 12.2. The number of carbonyl (C=O) groups is 2. The van der Waals surface area contributed by atoms with Crippen LogP contribution in [0.5, 0.6) is 11.5 Å². The van der Waals surface area contributed by atoms with Gasteiger partial charge in [-0.05, 0) is 63.9 Å². The van der Waals surface area contributed by atoms with E-state index in [4.69, 9.17) is 9.47 Å². The van der Waals surface area contributed by atoms with Gasteiger partial charge >= 0.3 is 6.03 Å². The monoisotopic (exact) mass is 485 g/mol. The molecule has 1 fully saturated rings. The van der Waals surface area contributed by atoms with Crippen LogP contribution in [0.3, 0.4) is 0 Å². The van der Waals surface area contributed by atoms with Crippen molar-refractivity contribution in [1.82, 2.24) is 5.32 Å². The molecule has 186 valence electrons. The van der Waals surface area contributed by atoms with Crippen molar-refractivity contribution in [3.63, 3.8) is 0 Å². The zero-order valence-electron chi connectivity index (χ0n) is 21.2. The highest BCUT2D eigenvalue weighted by atomic mass is 16.5. The second kappa shape index (κ2) is 8.90. The topological polar surface area (TPSA) is 79.9 Å². The maximum atomic E-state index is 14.0. The van der Waals surface area contributed by atoms with Gasteiger partial charge in [0.2, 0.25) is 11.6 Å². The van der Waals surface area contributed by atoms with Crippen molar-refractivity contribution >= 4 is 23.3 Å². The predicted octanol–water partition coefficient (Wildman–Crippen LogP) is 5.64. The summed E-state index contributed by atoms with van der Waals surface area (Å²) in [5.41, 5.74) is 3.79. The van der Waals surface area contributed by atoms with E-state index in [0.717, 1.165) is 27.9 Å². The molecular weight excluding hydrogens is 454 g/mol. The number of nitrogens with zero attached hydrogens (tertiary/aromatic N) is 1. The molecule has 2 aliphatic rings. The highest BCUT2D eigenvalue weighted by Crippen LogP contribution is 2.52. The molecule has 3 amide bonds. The Labute approximate surface area is 211 Å². The molecule has 7 heteroatoms. The van der Waals surface area contributed by atoms with E-state index in [1.807, 2.05) is 95.3 Å². The molecule has 3 aromatic carbocycles.